The smallest absolute Gasteiger partial charge is 0.408 e. The molecule has 5 heteroatoms. The number of hydrogen-bond acceptors (Lipinski definition) is 3. The second-order valence-electron chi connectivity index (χ2n) is 6.12. The molecule has 1 saturated carbocycles. The van der Waals surface area contributed by atoms with Crippen molar-refractivity contribution in [2.24, 2.45) is 0 Å². The molecule has 1 aliphatic carbocycles. The van der Waals surface area contributed by atoms with Crippen LogP contribution in [0, 0.1) is 0 Å². The average molecular weight is 318 g/mol. The van der Waals surface area contributed by atoms with E-state index in [9.17, 15) is 9.59 Å². The number of hydrogen-bond donors (Lipinski definition) is 2. The Morgan fingerprint density at radius 1 is 1.13 bits per heavy atom. The van der Waals surface area contributed by atoms with Gasteiger partial charge < -0.3 is 15.4 Å². The van der Waals surface area contributed by atoms with Gasteiger partial charge in [0.1, 0.15) is 12.6 Å². The number of alkyl carbamates (subject to hydrolysis) is 1. The first-order chi connectivity index (χ1) is 11.1. The van der Waals surface area contributed by atoms with Crippen molar-refractivity contribution in [2.45, 2.75) is 64.1 Å². The minimum absolute atomic E-state index is 0.145. The molecule has 0 heterocycles. The summed E-state index contributed by atoms with van der Waals surface area (Å²) in [7, 11) is 0. The van der Waals surface area contributed by atoms with E-state index in [-0.39, 0.29) is 18.6 Å². The summed E-state index contributed by atoms with van der Waals surface area (Å²) in [5, 5.41) is 5.61. The van der Waals surface area contributed by atoms with Gasteiger partial charge in [-0.05, 0) is 25.3 Å². The van der Waals surface area contributed by atoms with Gasteiger partial charge in [0.05, 0.1) is 0 Å². The van der Waals surface area contributed by atoms with Gasteiger partial charge in [-0.25, -0.2) is 4.79 Å². The summed E-state index contributed by atoms with van der Waals surface area (Å²) in [5.41, 5.74) is 0.915. The molecule has 1 aliphatic rings. The van der Waals surface area contributed by atoms with Gasteiger partial charge in [-0.3, -0.25) is 4.79 Å². The number of carbonyl (C=O) groups is 2. The van der Waals surface area contributed by atoms with Gasteiger partial charge in [0.2, 0.25) is 5.91 Å². The summed E-state index contributed by atoms with van der Waals surface area (Å²) in [4.78, 5) is 23.9. The molecular weight excluding hydrogens is 292 g/mol. The monoisotopic (exact) mass is 318 g/mol. The Hall–Kier alpha value is -2.04. The zero-order chi connectivity index (χ0) is 16.5. The van der Waals surface area contributed by atoms with Crippen molar-refractivity contribution in [1.82, 2.24) is 10.6 Å². The van der Waals surface area contributed by atoms with Crippen LogP contribution in [0.1, 0.15) is 51.0 Å². The molecule has 5 nitrogen and oxygen atoms in total. The van der Waals surface area contributed by atoms with Crippen LogP contribution in [0.4, 0.5) is 4.79 Å². The minimum Gasteiger partial charge on any atom is -0.445 e. The molecule has 0 radical (unpaired) electrons. The lowest BCUT2D eigenvalue weighted by molar-refractivity contribution is -0.123. The number of nitrogens with one attached hydrogen (secondary N) is 2. The van der Waals surface area contributed by atoms with Gasteiger partial charge in [-0.2, -0.15) is 0 Å². The lowest BCUT2D eigenvalue weighted by Gasteiger charge is -2.20. The summed E-state index contributed by atoms with van der Waals surface area (Å²) < 4.78 is 5.13. The lowest BCUT2D eigenvalue weighted by Crippen LogP contribution is -2.48. The zero-order valence-electron chi connectivity index (χ0n) is 13.7. The fraction of sp³-hybridized carbons (Fsp3) is 0.556. The Labute approximate surface area is 137 Å². The van der Waals surface area contributed by atoms with E-state index < -0.39 is 12.1 Å². The van der Waals surface area contributed by atoms with Crippen molar-refractivity contribution in [3.63, 3.8) is 0 Å². The third-order valence-corrected chi connectivity index (χ3v) is 4.14. The normalized spacial score (nSPS) is 16.9. The van der Waals surface area contributed by atoms with Gasteiger partial charge in [-0.1, -0.05) is 56.0 Å². The topological polar surface area (TPSA) is 67.4 Å². The van der Waals surface area contributed by atoms with Crippen LogP contribution in [0.15, 0.2) is 30.3 Å². The van der Waals surface area contributed by atoms with Crippen molar-refractivity contribution in [3.05, 3.63) is 35.9 Å². The molecule has 0 bridgehead atoms. The highest BCUT2D eigenvalue weighted by molar-refractivity contribution is 5.85. The first-order valence-electron chi connectivity index (χ1n) is 8.43. The van der Waals surface area contributed by atoms with E-state index in [1.54, 1.807) is 6.92 Å². The summed E-state index contributed by atoms with van der Waals surface area (Å²) in [5.74, 6) is -0.145. The number of carbonyl (C=O) groups excluding carboxylic acids is 2. The van der Waals surface area contributed by atoms with E-state index in [4.69, 9.17) is 4.74 Å². The number of ether oxygens (including phenoxy) is 1. The van der Waals surface area contributed by atoms with Crippen LogP contribution in [0.3, 0.4) is 0 Å². The summed E-state index contributed by atoms with van der Waals surface area (Å²) in [6.07, 6.45) is 6.28. The average Bonchev–Trinajstić information content (AvgIpc) is 2.82. The van der Waals surface area contributed by atoms with Crippen molar-refractivity contribution in [3.8, 4) is 0 Å². The molecule has 2 N–H and O–H groups in total. The van der Waals surface area contributed by atoms with E-state index in [1.807, 2.05) is 30.3 Å². The van der Waals surface area contributed by atoms with Gasteiger partial charge in [-0.15, -0.1) is 0 Å². The maximum absolute atomic E-state index is 12.2. The molecule has 2 rings (SSSR count). The van der Waals surface area contributed by atoms with Crippen LogP contribution in [0.25, 0.3) is 0 Å². The quantitative estimate of drug-likeness (QED) is 0.820. The van der Waals surface area contributed by atoms with Crippen LogP contribution >= 0.6 is 0 Å². The highest BCUT2D eigenvalue weighted by Gasteiger charge is 2.20. The third kappa shape index (κ3) is 6.30. The summed E-state index contributed by atoms with van der Waals surface area (Å²) >= 11 is 0. The molecule has 126 valence electrons. The molecular formula is C18H26N2O3. The van der Waals surface area contributed by atoms with Crippen molar-refractivity contribution < 1.29 is 14.3 Å². The number of amides is 2. The standard InChI is InChI=1S/C18H26N2O3/c1-14(17(21)20-16-11-7-2-3-8-12-16)19-18(22)23-13-15-9-5-4-6-10-15/h4-6,9-10,14,16H,2-3,7-8,11-13H2,1H3,(H,19,22)(H,20,21). The zero-order valence-corrected chi connectivity index (χ0v) is 13.7. The molecule has 23 heavy (non-hydrogen) atoms. The maximum atomic E-state index is 12.2. The largest absolute Gasteiger partial charge is 0.445 e. The molecule has 0 saturated heterocycles. The Bertz CT molecular complexity index is 496. The van der Waals surface area contributed by atoms with Crippen LogP contribution in [-0.2, 0) is 16.1 Å². The molecule has 0 aromatic heterocycles. The Balaban J connectivity index is 1.70. The maximum Gasteiger partial charge on any atom is 0.408 e. The Morgan fingerprint density at radius 2 is 1.78 bits per heavy atom. The summed E-state index contributed by atoms with van der Waals surface area (Å²) in [6.45, 7) is 1.87. The second-order valence-corrected chi connectivity index (χ2v) is 6.12. The highest BCUT2D eigenvalue weighted by Crippen LogP contribution is 2.17. The molecule has 1 atom stereocenters. The van der Waals surface area contributed by atoms with Crippen molar-refractivity contribution >= 4 is 12.0 Å². The Morgan fingerprint density at radius 3 is 2.43 bits per heavy atom. The van der Waals surface area contributed by atoms with E-state index in [0.29, 0.717) is 0 Å². The minimum atomic E-state index is -0.596. The van der Waals surface area contributed by atoms with Gasteiger partial charge in [0, 0.05) is 6.04 Å². The molecule has 0 aliphatic heterocycles. The predicted octanol–water partition coefficient (Wildman–Crippen LogP) is 3.14. The fourth-order valence-corrected chi connectivity index (χ4v) is 2.76. The van der Waals surface area contributed by atoms with Crippen LogP contribution in [0.5, 0.6) is 0 Å². The van der Waals surface area contributed by atoms with Crippen LogP contribution in [-0.4, -0.2) is 24.1 Å². The van der Waals surface area contributed by atoms with Gasteiger partial charge in [0.25, 0.3) is 0 Å². The third-order valence-electron chi connectivity index (χ3n) is 4.14. The van der Waals surface area contributed by atoms with Gasteiger partial charge in [0.15, 0.2) is 0 Å². The van der Waals surface area contributed by atoms with Crippen molar-refractivity contribution in [2.75, 3.05) is 0 Å². The lowest BCUT2D eigenvalue weighted by atomic mass is 10.1. The first kappa shape index (κ1) is 17.3. The van der Waals surface area contributed by atoms with Crippen LogP contribution in [0.2, 0.25) is 0 Å². The number of benzene rings is 1. The second kappa shape index (κ2) is 9.18. The molecule has 0 spiro atoms. The first-order valence-corrected chi connectivity index (χ1v) is 8.43. The van der Waals surface area contributed by atoms with E-state index in [0.717, 1.165) is 31.2 Å². The highest BCUT2D eigenvalue weighted by atomic mass is 16.5. The summed E-state index contributed by atoms with van der Waals surface area (Å²) in [6, 6.07) is 9.09. The van der Waals surface area contributed by atoms with Gasteiger partial charge >= 0.3 is 6.09 Å². The number of rotatable bonds is 5. The van der Waals surface area contributed by atoms with E-state index in [2.05, 4.69) is 10.6 Å². The fourth-order valence-electron chi connectivity index (χ4n) is 2.76. The SMILES string of the molecule is CC(NC(=O)OCc1ccccc1)C(=O)NC1CCCCCC1. The molecule has 1 aromatic rings. The van der Waals surface area contributed by atoms with E-state index in [1.165, 1.54) is 12.8 Å². The predicted molar refractivity (Wildman–Crippen MR) is 88.9 cm³/mol. The molecule has 1 fully saturated rings. The molecule has 1 unspecified atom stereocenters. The van der Waals surface area contributed by atoms with Crippen molar-refractivity contribution in [1.29, 1.82) is 0 Å². The van der Waals surface area contributed by atoms with E-state index >= 15 is 0 Å². The molecule has 2 amide bonds. The molecule has 1 aromatic carbocycles. The Kier molecular flexibility index (Phi) is 6.91. The van der Waals surface area contributed by atoms with Crippen LogP contribution < -0.4 is 10.6 Å².